The molecule has 0 bridgehead atoms. The summed E-state index contributed by atoms with van der Waals surface area (Å²) in [6.07, 6.45) is 3.04. The summed E-state index contributed by atoms with van der Waals surface area (Å²) >= 11 is 0. The van der Waals surface area contributed by atoms with E-state index in [-0.39, 0.29) is 11.3 Å². The summed E-state index contributed by atoms with van der Waals surface area (Å²) in [7, 11) is 0. The third-order valence-corrected chi connectivity index (χ3v) is 3.37. The fourth-order valence-corrected chi connectivity index (χ4v) is 2.40. The molecule has 1 fully saturated rings. The van der Waals surface area contributed by atoms with Crippen LogP contribution in [0.5, 0.6) is 0 Å². The average molecular weight is 187 g/mol. The lowest BCUT2D eigenvalue weighted by atomic mass is 9.86. The molecule has 1 aromatic carbocycles. The van der Waals surface area contributed by atoms with Crippen LogP contribution in [0.2, 0.25) is 0 Å². The highest BCUT2D eigenvalue weighted by Crippen LogP contribution is 2.55. The van der Waals surface area contributed by atoms with Gasteiger partial charge < -0.3 is 5.32 Å². The molecule has 3 rings (SSSR count). The van der Waals surface area contributed by atoms with E-state index in [1.54, 1.807) is 0 Å². The fourth-order valence-electron chi connectivity index (χ4n) is 2.40. The third-order valence-electron chi connectivity index (χ3n) is 3.37. The topological polar surface area (TPSA) is 29.1 Å². The van der Waals surface area contributed by atoms with Crippen molar-refractivity contribution in [3.05, 3.63) is 29.3 Å². The molecular formula is C12H13NO. The monoisotopic (exact) mass is 187 g/mol. The predicted molar refractivity (Wildman–Crippen MR) is 55.3 cm³/mol. The first-order chi connectivity index (χ1) is 6.70. The normalized spacial score (nSPS) is 21.6. The standard InChI is InChI=1S/C12H13NO/c1-8-2-3-10-9(6-8)12(4-5-12)7-11(14)13-10/h2-3,6H,4-5,7H2,1H3,(H,13,14). The highest BCUT2D eigenvalue weighted by molar-refractivity contribution is 5.96. The summed E-state index contributed by atoms with van der Waals surface area (Å²) < 4.78 is 0. The Bertz CT molecular complexity index is 418. The number of rotatable bonds is 0. The Morgan fingerprint density at radius 2 is 2.14 bits per heavy atom. The highest BCUT2D eigenvalue weighted by Gasteiger charge is 2.49. The molecule has 0 saturated heterocycles. The summed E-state index contributed by atoms with van der Waals surface area (Å²) in [6, 6.07) is 6.31. The van der Waals surface area contributed by atoms with Crippen LogP contribution in [0.15, 0.2) is 18.2 Å². The Morgan fingerprint density at radius 3 is 2.86 bits per heavy atom. The van der Waals surface area contributed by atoms with Crippen LogP contribution in [-0.2, 0) is 10.2 Å². The van der Waals surface area contributed by atoms with E-state index < -0.39 is 0 Å². The van der Waals surface area contributed by atoms with Crippen molar-refractivity contribution < 1.29 is 4.79 Å². The number of carbonyl (C=O) groups is 1. The van der Waals surface area contributed by atoms with E-state index in [0.717, 1.165) is 5.69 Å². The first kappa shape index (κ1) is 8.04. The predicted octanol–water partition coefficient (Wildman–Crippen LogP) is 2.37. The molecule has 0 aromatic heterocycles. The molecule has 1 aliphatic carbocycles. The van der Waals surface area contributed by atoms with Crippen molar-refractivity contribution in [2.45, 2.75) is 31.6 Å². The van der Waals surface area contributed by atoms with Gasteiger partial charge in [-0.05, 0) is 31.4 Å². The molecular weight excluding hydrogens is 174 g/mol. The Kier molecular flexibility index (Phi) is 1.37. The summed E-state index contributed by atoms with van der Waals surface area (Å²) in [5.74, 6) is 0.179. The van der Waals surface area contributed by atoms with Crippen molar-refractivity contribution in [2.24, 2.45) is 0 Å². The number of nitrogens with one attached hydrogen (secondary N) is 1. The van der Waals surface area contributed by atoms with Crippen molar-refractivity contribution >= 4 is 11.6 Å². The number of aryl methyl sites for hydroxylation is 1. The van der Waals surface area contributed by atoms with E-state index in [0.29, 0.717) is 6.42 Å². The SMILES string of the molecule is Cc1ccc2c(c1)C1(CC1)CC(=O)N2. The minimum atomic E-state index is 0.179. The first-order valence-electron chi connectivity index (χ1n) is 5.11. The Labute approximate surface area is 83.3 Å². The van der Waals surface area contributed by atoms with E-state index in [9.17, 15) is 4.79 Å². The van der Waals surface area contributed by atoms with E-state index in [2.05, 4.69) is 24.4 Å². The lowest BCUT2D eigenvalue weighted by Gasteiger charge is -2.25. The van der Waals surface area contributed by atoms with Gasteiger partial charge >= 0.3 is 0 Å². The van der Waals surface area contributed by atoms with E-state index >= 15 is 0 Å². The number of benzene rings is 1. The van der Waals surface area contributed by atoms with Crippen molar-refractivity contribution in [3.63, 3.8) is 0 Å². The molecule has 1 amide bonds. The molecule has 0 atom stereocenters. The molecule has 0 radical (unpaired) electrons. The van der Waals surface area contributed by atoms with Crippen molar-refractivity contribution in [1.82, 2.24) is 0 Å². The number of hydrogen-bond acceptors (Lipinski definition) is 1. The molecule has 14 heavy (non-hydrogen) atoms. The Hall–Kier alpha value is -1.31. The molecule has 2 aliphatic rings. The first-order valence-corrected chi connectivity index (χ1v) is 5.11. The van der Waals surface area contributed by atoms with E-state index in [1.165, 1.54) is 24.0 Å². The molecule has 72 valence electrons. The Morgan fingerprint density at radius 1 is 1.36 bits per heavy atom. The molecule has 1 aliphatic heterocycles. The summed E-state index contributed by atoms with van der Waals surface area (Å²) in [5.41, 5.74) is 3.89. The van der Waals surface area contributed by atoms with Crippen molar-refractivity contribution in [3.8, 4) is 0 Å². The second kappa shape index (κ2) is 2.38. The van der Waals surface area contributed by atoms with Crippen LogP contribution in [-0.4, -0.2) is 5.91 Å². The number of carbonyl (C=O) groups excluding carboxylic acids is 1. The number of hydrogen-bond donors (Lipinski definition) is 1. The van der Waals surface area contributed by atoms with Gasteiger partial charge in [-0.2, -0.15) is 0 Å². The number of fused-ring (bicyclic) bond motifs is 2. The summed E-state index contributed by atoms with van der Waals surface area (Å²) in [4.78, 5) is 11.5. The maximum atomic E-state index is 11.5. The average Bonchev–Trinajstić information content (AvgIpc) is 2.88. The third kappa shape index (κ3) is 0.999. The van der Waals surface area contributed by atoms with Gasteiger partial charge in [0.15, 0.2) is 0 Å². The lowest BCUT2D eigenvalue weighted by Crippen LogP contribution is -2.27. The Balaban J connectivity index is 2.18. The quantitative estimate of drug-likeness (QED) is 0.663. The van der Waals surface area contributed by atoms with Gasteiger partial charge in [0.25, 0.3) is 0 Å². The van der Waals surface area contributed by atoms with Gasteiger partial charge in [-0.15, -0.1) is 0 Å². The van der Waals surface area contributed by atoms with Gasteiger partial charge in [0.2, 0.25) is 5.91 Å². The smallest absolute Gasteiger partial charge is 0.225 e. The van der Waals surface area contributed by atoms with Crippen LogP contribution < -0.4 is 5.32 Å². The fraction of sp³-hybridized carbons (Fsp3) is 0.417. The molecule has 2 heteroatoms. The van der Waals surface area contributed by atoms with Gasteiger partial charge in [-0.1, -0.05) is 17.7 Å². The van der Waals surface area contributed by atoms with E-state index in [4.69, 9.17) is 0 Å². The molecule has 1 aromatic rings. The molecule has 1 saturated carbocycles. The minimum Gasteiger partial charge on any atom is -0.326 e. The zero-order valence-electron chi connectivity index (χ0n) is 8.26. The van der Waals surface area contributed by atoms with E-state index in [1.807, 2.05) is 6.07 Å². The molecule has 1 heterocycles. The zero-order valence-corrected chi connectivity index (χ0v) is 8.26. The molecule has 1 spiro atoms. The van der Waals surface area contributed by atoms with Crippen molar-refractivity contribution in [2.75, 3.05) is 5.32 Å². The van der Waals surface area contributed by atoms with Gasteiger partial charge in [0, 0.05) is 17.5 Å². The molecule has 2 nitrogen and oxygen atoms in total. The van der Waals surface area contributed by atoms with Crippen LogP contribution in [0.4, 0.5) is 5.69 Å². The summed E-state index contributed by atoms with van der Waals surface area (Å²) in [6.45, 7) is 2.10. The zero-order chi connectivity index (χ0) is 9.76. The van der Waals surface area contributed by atoms with Gasteiger partial charge in [-0.3, -0.25) is 4.79 Å². The van der Waals surface area contributed by atoms with Gasteiger partial charge in [0.1, 0.15) is 0 Å². The number of anilines is 1. The maximum absolute atomic E-state index is 11.5. The van der Waals surface area contributed by atoms with Crippen molar-refractivity contribution in [1.29, 1.82) is 0 Å². The van der Waals surface area contributed by atoms with Crippen LogP contribution in [0.3, 0.4) is 0 Å². The molecule has 1 N–H and O–H groups in total. The van der Waals surface area contributed by atoms with Crippen LogP contribution >= 0.6 is 0 Å². The van der Waals surface area contributed by atoms with Gasteiger partial charge in [0.05, 0.1) is 0 Å². The van der Waals surface area contributed by atoms with Crippen LogP contribution in [0.25, 0.3) is 0 Å². The van der Waals surface area contributed by atoms with Crippen LogP contribution in [0.1, 0.15) is 30.4 Å². The van der Waals surface area contributed by atoms with Gasteiger partial charge in [-0.25, -0.2) is 0 Å². The second-order valence-electron chi connectivity index (χ2n) is 4.55. The largest absolute Gasteiger partial charge is 0.326 e. The van der Waals surface area contributed by atoms with Crippen LogP contribution in [0, 0.1) is 6.92 Å². The molecule has 0 unspecified atom stereocenters. The minimum absolute atomic E-state index is 0.179. The summed E-state index contributed by atoms with van der Waals surface area (Å²) in [5, 5.41) is 2.94. The maximum Gasteiger partial charge on any atom is 0.225 e. The lowest BCUT2D eigenvalue weighted by molar-refractivity contribution is -0.117. The highest BCUT2D eigenvalue weighted by atomic mass is 16.1. The second-order valence-corrected chi connectivity index (χ2v) is 4.55. The number of amides is 1.